The minimum atomic E-state index is -0.610. The van der Waals surface area contributed by atoms with Gasteiger partial charge in [0.05, 0.1) is 19.3 Å². The lowest BCUT2D eigenvalue weighted by Crippen LogP contribution is -2.48. The third-order valence-electron chi connectivity index (χ3n) is 5.34. The number of carbonyl (C=O) groups is 2. The van der Waals surface area contributed by atoms with Gasteiger partial charge in [0.15, 0.2) is 0 Å². The van der Waals surface area contributed by atoms with Gasteiger partial charge in [-0.05, 0) is 30.5 Å². The van der Waals surface area contributed by atoms with Gasteiger partial charge in [0.2, 0.25) is 0 Å². The number of ether oxygens (including phenoxy) is 1. The third kappa shape index (κ3) is 5.74. The molecule has 6 nitrogen and oxygen atoms in total. The average Bonchev–Trinajstić information content (AvgIpc) is 2.71. The highest BCUT2D eigenvalue weighted by atomic mass is 19.1. The number of nitrogens with one attached hydrogen (secondary N) is 2. The second kappa shape index (κ2) is 9.80. The molecule has 0 unspecified atom stereocenters. The molecule has 0 aromatic heterocycles. The molecule has 27 heavy (non-hydrogen) atoms. The number of hydrogen-bond acceptors (Lipinski definition) is 4. The number of hydrogen-bond donors (Lipinski definition) is 2. The summed E-state index contributed by atoms with van der Waals surface area (Å²) in [6.07, 6.45) is 5.25. The van der Waals surface area contributed by atoms with Crippen LogP contribution >= 0.6 is 0 Å². The van der Waals surface area contributed by atoms with E-state index in [0.29, 0.717) is 19.8 Å². The second-order valence-corrected chi connectivity index (χ2v) is 7.23. The summed E-state index contributed by atoms with van der Waals surface area (Å²) < 4.78 is 18.7. The van der Waals surface area contributed by atoms with Gasteiger partial charge < -0.3 is 15.4 Å². The maximum absolute atomic E-state index is 13.3. The van der Waals surface area contributed by atoms with E-state index in [1.165, 1.54) is 18.6 Å². The molecule has 7 heteroatoms. The molecule has 148 valence electrons. The Morgan fingerprint density at radius 1 is 1.07 bits per heavy atom. The Hall–Kier alpha value is -1.99. The molecule has 1 saturated heterocycles. The van der Waals surface area contributed by atoms with Crippen molar-refractivity contribution in [1.82, 2.24) is 15.5 Å². The Morgan fingerprint density at radius 2 is 1.74 bits per heavy atom. The van der Waals surface area contributed by atoms with Crippen LogP contribution in [0.15, 0.2) is 24.3 Å². The van der Waals surface area contributed by atoms with Gasteiger partial charge in [-0.3, -0.25) is 14.5 Å². The molecule has 2 aliphatic rings. The molecule has 0 radical (unpaired) electrons. The van der Waals surface area contributed by atoms with Gasteiger partial charge in [0, 0.05) is 25.7 Å². The van der Waals surface area contributed by atoms with Crippen molar-refractivity contribution in [2.75, 3.05) is 32.8 Å². The van der Waals surface area contributed by atoms with Crippen LogP contribution in [0.4, 0.5) is 4.39 Å². The lowest BCUT2D eigenvalue weighted by molar-refractivity contribution is -0.140. The zero-order valence-corrected chi connectivity index (χ0v) is 15.6. The second-order valence-electron chi connectivity index (χ2n) is 7.23. The largest absolute Gasteiger partial charge is 0.379 e. The van der Waals surface area contributed by atoms with E-state index in [1.54, 1.807) is 12.1 Å². The Labute approximate surface area is 159 Å². The van der Waals surface area contributed by atoms with Crippen LogP contribution in [0, 0.1) is 5.82 Å². The molecule has 1 aromatic rings. The monoisotopic (exact) mass is 377 g/mol. The third-order valence-corrected chi connectivity index (χ3v) is 5.34. The maximum Gasteiger partial charge on any atom is 0.309 e. The number of carbonyl (C=O) groups excluding carboxylic acids is 2. The summed E-state index contributed by atoms with van der Waals surface area (Å²) in [6, 6.07) is 6.26. The van der Waals surface area contributed by atoms with Crippen LogP contribution in [-0.4, -0.2) is 55.6 Å². The fraction of sp³-hybridized carbons (Fsp3) is 0.600. The molecular formula is C20H28FN3O3. The molecule has 1 aromatic carbocycles. The SMILES string of the molecule is O=C(NC[C@@H](c1ccc(F)cc1)N1CCOCC1)C(=O)NC1CCCCC1. The number of morpholine rings is 1. The molecule has 3 rings (SSSR count). The normalized spacial score (nSPS) is 20.0. The van der Waals surface area contributed by atoms with Crippen molar-refractivity contribution in [2.45, 2.75) is 44.2 Å². The molecule has 2 fully saturated rings. The summed E-state index contributed by atoms with van der Waals surface area (Å²) in [5.41, 5.74) is 0.909. The van der Waals surface area contributed by atoms with Crippen LogP contribution in [0.1, 0.15) is 43.7 Å². The number of nitrogens with zero attached hydrogens (tertiary/aromatic N) is 1. The van der Waals surface area contributed by atoms with Crippen molar-refractivity contribution in [3.63, 3.8) is 0 Å². The highest BCUT2D eigenvalue weighted by Gasteiger charge is 2.25. The van der Waals surface area contributed by atoms with Crippen molar-refractivity contribution >= 4 is 11.8 Å². The first-order valence-electron chi connectivity index (χ1n) is 9.79. The Bertz CT molecular complexity index is 626. The van der Waals surface area contributed by atoms with Gasteiger partial charge in [0.25, 0.3) is 0 Å². The highest BCUT2D eigenvalue weighted by molar-refractivity contribution is 6.35. The van der Waals surface area contributed by atoms with Gasteiger partial charge in [-0.15, -0.1) is 0 Å². The minimum Gasteiger partial charge on any atom is -0.379 e. The zero-order chi connectivity index (χ0) is 19.1. The minimum absolute atomic E-state index is 0.101. The molecular weight excluding hydrogens is 349 g/mol. The summed E-state index contributed by atoms with van der Waals surface area (Å²) in [5, 5.41) is 5.59. The van der Waals surface area contributed by atoms with Gasteiger partial charge in [-0.1, -0.05) is 31.4 Å². The summed E-state index contributed by atoms with van der Waals surface area (Å²) in [5.74, 6) is -1.47. The van der Waals surface area contributed by atoms with Crippen molar-refractivity contribution in [3.8, 4) is 0 Å². The number of amides is 2. The molecule has 1 aliphatic heterocycles. The standard InChI is InChI=1S/C20H28FN3O3/c21-16-8-6-15(7-9-16)18(24-10-12-27-13-11-24)14-22-19(25)20(26)23-17-4-2-1-3-5-17/h6-9,17-18H,1-5,10-14H2,(H,22,25)(H,23,26)/t18-/m0/s1. The van der Waals surface area contributed by atoms with E-state index in [-0.39, 0.29) is 17.9 Å². The van der Waals surface area contributed by atoms with Gasteiger partial charge in [-0.25, -0.2) is 4.39 Å². The smallest absolute Gasteiger partial charge is 0.309 e. The van der Waals surface area contributed by atoms with Crippen LogP contribution in [0.3, 0.4) is 0 Å². The number of halogens is 1. The van der Waals surface area contributed by atoms with E-state index in [4.69, 9.17) is 4.74 Å². The molecule has 2 amide bonds. The van der Waals surface area contributed by atoms with Crippen LogP contribution in [0.2, 0.25) is 0 Å². The summed E-state index contributed by atoms with van der Waals surface area (Å²) in [4.78, 5) is 26.6. The van der Waals surface area contributed by atoms with Crippen molar-refractivity contribution in [2.24, 2.45) is 0 Å². The Balaban J connectivity index is 1.58. The van der Waals surface area contributed by atoms with E-state index in [9.17, 15) is 14.0 Å². The predicted octanol–water partition coefficient (Wildman–Crippen LogP) is 1.76. The van der Waals surface area contributed by atoms with Gasteiger partial charge in [-0.2, -0.15) is 0 Å². The molecule has 1 atom stereocenters. The Morgan fingerprint density at radius 3 is 2.41 bits per heavy atom. The van der Waals surface area contributed by atoms with Crippen LogP contribution in [-0.2, 0) is 14.3 Å². The summed E-state index contributed by atoms with van der Waals surface area (Å²) >= 11 is 0. The first-order chi connectivity index (χ1) is 13.1. The van der Waals surface area contributed by atoms with E-state index in [1.807, 2.05) is 0 Å². The average molecular weight is 377 g/mol. The zero-order valence-electron chi connectivity index (χ0n) is 15.6. The first-order valence-corrected chi connectivity index (χ1v) is 9.79. The van der Waals surface area contributed by atoms with Gasteiger partial charge >= 0.3 is 11.8 Å². The lowest BCUT2D eigenvalue weighted by atomic mass is 9.95. The predicted molar refractivity (Wildman–Crippen MR) is 99.6 cm³/mol. The number of rotatable bonds is 5. The summed E-state index contributed by atoms with van der Waals surface area (Å²) in [7, 11) is 0. The lowest BCUT2D eigenvalue weighted by Gasteiger charge is -2.35. The van der Waals surface area contributed by atoms with E-state index >= 15 is 0 Å². The quantitative estimate of drug-likeness (QED) is 0.768. The van der Waals surface area contributed by atoms with E-state index in [2.05, 4.69) is 15.5 Å². The van der Waals surface area contributed by atoms with E-state index < -0.39 is 11.8 Å². The molecule has 1 aliphatic carbocycles. The summed E-state index contributed by atoms with van der Waals surface area (Å²) in [6.45, 7) is 2.99. The molecule has 1 heterocycles. The van der Waals surface area contributed by atoms with Crippen molar-refractivity contribution in [3.05, 3.63) is 35.6 Å². The van der Waals surface area contributed by atoms with Crippen molar-refractivity contribution < 1.29 is 18.7 Å². The number of benzene rings is 1. The maximum atomic E-state index is 13.3. The van der Waals surface area contributed by atoms with E-state index in [0.717, 1.165) is 44.3 Å². The van der Waals surface area contributed by atoms with Crippen molar-refractivity contribution in [1.29, 1.82) is 0 Å². The first kappa shape index (κ1) is 19.8. The molecule has 2 N–H and O–H groups in total. The molecule has 0 spiro atoms. The highest BCUT2D eigenvalue weighted by Crippen LogP contribution is 2.22. The molecule has 0 bridgehead atoms. The van der Waals surface area contributed by atoms with Gasteiger partial charge in [0.1, 0.15) is 5.82 Å². The molecule has 1 saturated carbocycles. The fourth-order valence-electron chi connectivity index (χ4n) is 3.80. The van der Waals surface area contributed by atoms with Crippen LogP contribution in [0.5, 0.6) is 0 Å². The topological polar surface area (TPSA) is 70.7 Å². The Kier molecular flexibility index (Phi) is 7.18. The van der Waals surface area contributed by atoms with Crippen LogP contribution < -0.4 is 10.6 Å². The fourth-order valence-corrected chi connectivity index (χ4v) is 3.80. The van der Waals surface area contributed by atoms with Crippen LogP contribution in [0.25, 0.3) is 0 Å².